The van der Waals surface area contributed by atoms with E-state index >= 15 is 0 Å². The fraction of sp³-hybridized carbons (Fsp3) is 0.333. The van der Waals surface area contributed by atoms with Crippen LogP contribution < -0.4 is 0 Å². The lowest BCUT2D eigenvalue weighted by atomic mass is 10.0. The van der Waals surface area contributed by atoms with E-state index in [2.05, 4.69) is 4.74 Å². The van der Waals surface area contributed by atoms with Crippen molar-refractivity contribution in [1.82, 2.24) is 0 Å². The minimum atomic E-state index is -1.69. The van der Waals surface area contributed by atoms with E-state index in [-0.39, 0.29) is 40.4 Å². The number of esters is 1. The van der Waals surface area contributed by atoms with Gasteiger partial charge in [-0.15, -0.1) is 0 Å². The number of hydrogen-bond acceptors (Lipinski definition) is 4. The van der Waals surface area contributed by atoms with Gasteiger partial charge in [0.05, 0.1) is 12.2 Å². The Balaban J connectivity index is 0. The molecule has 0 radical (unpaired) electrons. The van der Waals surface area contributed by atoms with Crippen LogP contribution in [-0.2, 0) is 20.7 Å². The van der Waals surface area contributed by atoms with Crippen LogP contribution >= 0.6 is 0 Å². The fourth-order valence-corrected chi connectivity index (χ4v) is 1.35. The van der Waals surface area contributed by atoms with Crippen LogP contribution in [0.25, 0.3) is 0 Å². The molecule has 0 fully saturated rings. The first-order chi connectivity index (χ1) is 8.52. The average molecular weight is 298 g/mol. The normalized spacial score (nSPS) is 9.15. The zero-order chi connectivity index (χ0) is 13.5. The van der Waals surface area contributed by atoms with Gasteiger partial charge in [-0.05, 0) is 18.6 Å². The third-order valence-corrected chi connectivity index (χ3v) is 2.17. The van der Waals surface area contributed by atoms with E-state index in [4.69, 9.17) is 4.74 Å². The summed E-state index contributed by atoms with van der Waals surface area (Å²) >= 11 is 0. The Labute approximate surface area is 112 Å². The van der Waals surface area contributed by atoms with Gasteiger partial charge in [-0.3, -0.25) is 19.0 Å². The van der Waals surface area contributed by atoms with Gasteiger partial charge >= 0.3 is 12.0 Å². The second-order valence-electron chi connectivity index (χ2n) is 3.45. The smallest absolute Gasteiger partial charge is 0.332 e. The van der Waals surface area contributed by atoms with Gasteiger partial charge in [0.25, 0.3) is 0 Å². The molecule has 0 bridgehead atoms. The molecule has 0 spiro atoms. The molecule has 0 heterocycles. The van der Waals surface area contributed by atoms with Crippen molar-refractivity contribution in [3.05, 3.63) is 35.1 Å². The highest BCUT2D eigenvalue weighted by Gasteiger charge is 2.14. The molecular weight excluding hydrogens is 284 g/mol. The lowest BCUT2D eigenvalue weighted by molar-refractivity contribution is -0.153. The van der Waals surface area contributed by atoms with E-state index in [0.717, 1.165) is 6.07 Å². The minimum absolute atomic E-state index is 0. The largest absolute Gasteiger partial charge is 0.439 e. The number of carbonyl (C=O) groups excluding carboxylic acids is 2. The van der Waals surface area contributed by atoms with E-state index in [9.17, 15) is 18.4 Å². The molecule has 0 unspecified atom stereocenters. The van der Waals surface area contributed by atoms with Crippen molar-refractivity contribution >= 4 is 12.0 Å². The van der Waals surface area contributed by atoms with Crippen molar-refractivity contribution in [1.29, 1.82) is 0 Å². The molecule has 0 aromatic heterocycles. The van der Waals surface area contributed by atoms with Gasteiger partial charge in [0.1, 0.15) is 5.82 Å². The summed E-state index contributed by atoms with van der Waals surface area (Å²) in [5.74, 6) is -1.17. The third kappa shape index (κ3) is 6.28. The molecule has 8 heteroatoms. The molecule has 1 rings (SSSR count). The molecule has 0 aliphatic rings. The Kier molecular flexibility index (Phi) is 10.1. The van der Waals surface area contributed by atoms with Crippen LogP contribution in [-0.4, -0.2) is 25.4 Å². The summed E-state index contributed by atoms with van der Waals surface area (Å²) in [4.78, 5) is 21.1. The molecule has 0 saturated carbocycles. The molecule has 0 N–H and O–H groups in total. The van der Waals surface area contributed by atoms with Gasteiger partial charge in [-0.1, -0.05) is 6.07 Å². The number of rotatable bonds is 6. The Morgan fingerprint density at radius 3 is 2.45 bits per heavy atom. The number of benzene rings is 1. The monoisotopic (exact) mass is 298 g/mol. The maximum atomic E-state index is 13.4. The van der Waals surface area contributed by atoms with Gasteiger partial charge in [-0.25, -0.2) is 4.39 Å². The lowest BCUT2D eigenvalue weighted by Crippen LogP contribution is -2.09. The first kappa shape index (κ1) is 20.4. The molecule has 1 aromatic rings. The maximum Gasteiger partial charge on any atom is 0.332 e. The third-order valence-electron chi connectivity index (χ3n) is 2.17. The predicted octanol–water partition coefficient (Wildman–Crippen LogP) is 2.32. The van der Waals surface area contributed by atoms with Gasteiger partial charge < -0.3 is 9.47 Å². The number of halogens is 4. The molecule has 0 amide bonds. The maximum absolute atomic E-state index is 13.4. The highest BCUT2D eigenvalue weighted by molar-refractivity contribution is 5.90. The standard InChI is InChI=1S/C12H12F2O4.2FH/c1-8(15)18-7-17-6-5-9-10(12(14)16)3-2-4-11(9)13;;/h2-4H,5-7H2,1H3;2*1H. The summed E-state index contributed by atoms with van der Waals surface area (Å²) in [6.07, 6.45) is 0.0128. The van der Waals surface area contributed by atoms with Gasteiger partial charge in [0, 0.05) is 12.5 Å². The van der Waals surface area contributed by atoms with E-state index in [1.165, 1.54) is 19.1 Å². The summed E-state index contributed by atoms with van der Waals surface area (Å²) < 4.78 is 35.4. The van der Waals surface area contributed by atoms with Crippen LogP contribution in [0.5, 0.6) is 0 Å². The Morgan fingerprint density at radius 2 is 1.90 bits per heavy atom. The molecule has 114 valence electrons. The Morgan fingerprint density at radius 1 is 1.25 bits per heavy atom. The Hall–Kier alpha value is -1.96. The molecule has 0 aliphatic carbocycles. The molecule has 4 nitrogen and oxygen atoms in total. The van der Waals surface area contributed by atoms with Crippen molar-refractivity contribution in [2.45, 2.75) is 13.3 Å². The minimum Gasteiger partial charge on any atom is -0.439 e. The van der Waals surface area contributed by atoms with Crippen LogP contribution in [0.4, 0.5) is 18.2 Å². The van der Waals surface area contributed by atoms with Crippen LogP contribution in [0, 0.1) is 5.82 Å². The van der Waals surface area contributed by atoms with Gasteiger partial charge in [-0.2, -0.15) is 4.39 Å². The van der Waals surface area contributed by atoms with Crippen LogP contribution in [0.3, 0.4) is 0 Å². The van der Waals surface area contributed by atoms with Crippen molar-refractivity contribution in [3.8, 4) is 0 Å². The molecule has 0 saturated heterocycles. The quantitative estimate of drug-likeness (QED) is 0.266. The van der Waals surface area contributed by atoms with Crippen LogP contribution in [0.15, 0.2) is 18.2 Å². The lowest BCUT2D eigenvalue weighted by Gasteiger charge is -2.07. The number of hydrogen-bond donors (Lipinski definition) is 0. The van der Waals surface area contributed by atoms with Gasteiger partial charge in [0.2, 0.25) is 0 Å². The topological polar surface area (TPSA) is 52.6 Å². The predicted molar refractivity (Wildman–Crippen MR) is 63.1 cm³/mol. The second kappa shape index (κ2) is 9.90. The van der Waals surface area contributed by atoms with Crippen molar-refractivity contribution < 1.29 is 37.3 Å². The van der Waals surface area contributed by atoms with Crippen LogP contribution in [0.1, 0.15) is 22.8 Å². The highest BCUT2D eigenvalue weighted by atomic mass is 19.1. The van der Waals surface area contributed by atoms with Crippen molar-refractivity contribution in [3.63, 3.8) is 0 Å². The number of carbonyl (C=O) groups is 2. The zero-order valence-corrected chi connectivity index (χ0v) is 10.6. The first-order valence-electron chi connectivity index (χ1n) is 5.20. The average Bonchev–Trinajstić information content (AvgIpc) is 2.29. The molecular formula is C12H14F4O4. The van der Waals surface area contributed by atoms with E-state index in [1.807, 2.05) is 0 Å². The molecule has 1 aromatic carbocycles. The summed E-state index contributed by atoms with van der Waals surface area (Å²) in [7, 11) is 0. The molecule has 0 aliphatic heterocycles. The highest BCUT2D eigenvalue weighted by Crippen LogP contribution is 2.15. The van der Waals surface area contributed by atoms with E-state index < -0.39 is 17.8 Å². The fourth-order valence-electron chi connectivity index (χ4n) is 1.35. The summed E-state index contributed by atoms with van der Waals surface area (Å²) in [6, 6.07) is 1.90. The van der Waals surface area contributed by atoms with Crippen molar-refractivity contribution in [2.24, 2.45) is 0 Å². The van der Waals surface area contributed by atoms with E-state index in [0.29, 0.717) is 0 Å². The second-order valence-corrected chi connectivity index (χ2v) is 3.45. The molecule has 20 heavy (non-hydrogen) atoms. The molecule has 0 atom stereocenters. The van der Waals surface area contributed by atoms with E-state index in [1.54, 1.807) is 0 Å². The Bertz CT molecular complexity index is 451. The SMILES string of the molecule is CC(=O)OCOCCc1c(F)cccc1C(=O)F.F.F. The van der Waals surface area contributed by atoms with Crippen molar-refractivity contribution in [2.75, 3.05) is 13.4 Å². The summed E-state index contributed by atoms with van der Waals surface area (Å²) in [6.45, 7) is 0.970. The van der Waals surface area contributed by atoms with Gasteiger partial charge in [0.15, 0.2) is 6.79 Å². The van der Waals surface area contributed by atoms with Crippen LogP contribution in [0.2, 0.25) is 0 Å². The summed E-state index contributed by atoms with van der Waals surface area (Å²) in [5, 5.41) is 0. The summed E-state index contributed by atoms with van der Waals surface area (Å²) in [5.41, 5.74) is -0.362. The first-order valence-corrected chi connectivity index (χ1v) is 5.20. The number of ether oxygens (including phenoxy) is 2. The zero-order valence-electron chi connectivity index (χ0n) is 10.6.